The van der Waals surface area contributed by atoms with Crippen molar-refractivity contribution in [2.24, 2.45) is 0 Å². The molecule has 0 saturated carbocycles. The van der Waals surface area contributed by atoms with Gasteiger partial charge in [0.15, 0.2) is 11.1 Å². The Labute approximate surface area is 204 Å². The summed E-state index contributed by atoms with van der Waals surface area (Å²) in [5.41, 5.74) is -0.655. The lowest BCUT2D eigenvalue weighted by atomic mass is 10.0. The van der Waals surface area contributed by atoms with Gasteiger partial charge < -0.3 is 14.7 Å². The molecule has 2 aromatic heterocycles. The molecule has 0 unspecified atom stereocenters. The standard InChI is InChI=1S/C23H21F3N4O5S/c1-14-5-2-3-6-15(14)21-16(23(24,25)26)9-10-18(27-21)29-36(33,34)20-8-4-7-19(28-20)30-11-12-35-17(13-30)22(31)32/h2-10,17H,11-13H2,1H3,(H,27,29)(H,31,32)/t17-/m1/s1. The number of aromatic nitrogens is 2. The number of carbonyl (C=O) groups is 1. The van der Waals surface area contributed by atoms with Gasteiger partial charge in [0.05, 0.1) is 24.4 Å². The number of aryl methyl sites for hydroxylation is 1. The lowest BCUT2D eigenvalue weighted by Crippen LogP contribution is -2.46. The first-order valence-corrected chi connectivity index (χ1v) is 12.2. The molecular formula is C23H21F3N4O5S. The maximum atomic E-state index is 13.7. The van der Waals surface area contributed by atoms with Crippen LogP contribution in [-0.2, 0) is 25.7 Å². The molecule has 3 heterocycles. The minimum absolute atomic E-state index is 0.0283. The van der Waals surface area contributed by atoms with E-state index in [1.807, 2.05) is 0 Å². The molecule has 0 amide bonds. The smallest absolute Gasteiger partial charge is 0.418 e. The largest absolute Gasteiger partial charge is 0.479 e. The number of carboxylic acid groups (broad SMARTS) is 1. The number of aliphatic carboxylic acids is 1. The number of carboxylic acids is 1. The predicted molar refractivity (Wildman–Crippen MR) is 124 cm³/mol. The van der Waals surface area contributed by atoms with Gasteiger partial charge in [0.25, 0.3) is 10.0 Å². The number of nitrogens with one attached hydrogen (secondary N) is 1. The second-order valence-electron chi connectivity index (χ2n) is 7.99. The van der Waals surface area contributed by atoms with Crippen LogP contribution in [-0.4, -0.2) is 55.3 Å². The van der Waals surface area contributed by atoms with Crippen LogP contribution in [0.15, 0.2) is 59.6 Å². The topological polar surface area (TPSA) is 122 Å². The van der Waals surface area contributed by atoms with E-state index in [1.54, 1.807) is 30.0 Å². The molecule has 1 aromatic carbocycles. The Morgan fingerprint density at radius 2 is 1.86 bits per heavy atom. The number of alkyl halides is 3. The maximum Gasteiger partial charge on any atom is 0.418 e. The molecule has 3 aromatic rings. The SMILES string of the molecule is Cc1ccccc1-c1nc(NS(=O)(=O)c2cccc(N3CCO[C@@H](C(=O)O)C3)n2)ccc1C(F)(F)F. The number of sulfonamides is 1. The highest BCUT2D eigenvalue weighted by Crippen LogP contribution is 2.38. The van der Waals surface area contributed by atoms with Gasteiger partial charge in [-0.3, -0.25) is 4.72 Å². The highest BCUT2D eigenvalue weighted by Gasteiger charge is 2.35. The molecule has 2 N–H and O–H groups in total. The van der Waals surface area contributed by atoms with E-state index in [2.05, 4.69) is 14.7 Å². The first-order valence-electron chi connectivity index (χ1n) is 10.7. The molecule has 0 radical (unpaired) electrons. The zero-order chi connectivity index (χ0) is 26.1. The van der Waals surface area contributed by atoms with Crippen LogP contribution in [0, 0.1) is 6.92 Å². The van der Waals surface area contributed by atoms with E-state index in [9.17, 15) is 31.5 Å². The zero-order valence-corrected chi connectivity index (χ0v) is 19.7. The molecule has 36 heavy (non-hydrogen) atoms. The molecule has 1 aliphatic heterocycles. The number of pyridine rings is 2. The number of anilines is 2. The van der Waals surface area contributed by atoms with Crippen LogP contribution < -0.4 is 9.62 Å². The third-order valence-corrected chi connectivity index (χ3v) is 6.75. The van der Waals surface area contributed by atoms with Crippen LogP contribution in [0.5, 0.6) is 0 Å². The molecule has 1 fully saturated rings. The highest BCUT2D eigenvalue weighted by molar-refractivity contribution is 7.92. The Bertz CT molecular complexity index is 1400. The Morgan fingerprint density at radius 3 is 2.56 bits per heavy atom. The van der Waals surface area contributed by atoms with E-state index in [0.717, 1.165) is 12.1 Å². The number of rotatable bonds is 6. The first-order chi connectivity index (χ1) is 17.0. The minimum atomic E-state index is -4.70. The van der Waals surface area contributed by atoms with Crippen molar-refractivity contribution in [2.45, 2.75) is 24.2 Å². The Balaban J connectivity index is 1.66. The predicted octanol–water partition coefficient (Wildman–Crippen LogP) is 3.56. The monoisotopic (exact) mass is 522 g/mol. The van der Waals surface area contributed by atoms with Gasteiger partial charge in [-0.1, -0.05) is 30.3 Å². The molecule has 1 saturated heterocycles. The van der Waals surface area contributed by atoms with Gasteiger partial charge in [-0.15, -0.1) is 0 Å². The average molecular weight is 523 g/mol. The quantitative estimate of drug-likeness (QED) is 0.504. The fourth-order valence-electron chi connectivity index (χ4n) is 3.72. The maximum absolute atomic E-state index is 13.7. The van der Waals surface area contributed by atoms with Crippen molar-refractivity contribution in [3.63, 3.8) is 0 Å². The second kappa shape index (κ2) is 9.74. The van der Waals surface area contributed by atoms with E-state index in [1.165, 1.54) is 24.3 Å². The molecule has 0 spiro atoms. The lowest BCUT2D eigenvalue weighted by Gasteiger charge is -2.31. The van der Waals surface area contributed by atoms with Gasteiger partial charge >= 0.3 is 12.1 Å². The number of nitrogens with zero attached hydrogens (tertiary/aromatic N) is 3. The molecule has 1 atom stereocenters. The summed E-state index contributed by atoms with van der Waals surface area (Å²) in [5, 5.41) is 8.78. The number of benzene rings is 1. The van der Waals surface area contributed by atoms with Crippen LogP contribution in [0.1, 0.15) is 11.1 Å². The van der Waals surface area contributed by atoms with E-state index in [-0.39, 0.29) is 30.4 Å². The number of hydrogen-bond donors (Lipinski definition) is 2. The van der Waals surface area contributed by atoms with Crippen LogP contribution in [0.4, 0.5) is 24.8 Å². The second-order valence-corrected chi connectivity index (χ2v) is 9.62. The van der Waals surface area contributed by atoms with Gasteiger partial charge in [0.1, 0.15) is 11.6 Å². The molecular weight excluding hydrogens is 501 g/mol. The third-order valence-electron chi connectivity index (χ3n) is 5.49. The van der Waals surface area contributed by atoms with E-state index in [4.69, 9.17) is 4.74 Å². The van der Waals surface area contributed by atoms with Crippen molar-refractivity contribution in [3.05, 3.63) is 65.7 Å². The van der Waals surface area contributed by atoms with Gasteiger partial charge in [0, 0.05) is 12.1 Å². The van der Waals surface area contributed by atoms with Crippen molar-refractivity contribution in [1.29, 1.82) is 0 Å². The summed E-state index contributed by atoms with van der Waals surface area (Å²) >= 11 is 0. The normalized spacial score (nSPS) is 16.6. The first kappa shape index (κ1) is 25.4. The summed E-state index contributed by atoms with van der Waals surface area (Å²) in [5.74, 6) is -1.25. The fraction of sp³-hybridized carbons (Fsp3) is 0.261. The van der Waals surface area contributed by atoms with Gasteiger partial charge in [-0.05, 0) is 36.8 Å². The highest BCUT2D eigenvalue weighted by atomic mass is 32.2. The van der Waals surface area contributed by atoms with Crippen molar-refractivity contribution in [2.75, 3.05) is 29.3 Å². The fourth-order valence-corrected chi connectivity index (χ4v) is 4.68. The molecule has 9 nitrogen and oxygen atoms in total. The molecule has 4 rings (SSSR count). The summed E-state index contributed by atoms with van der Waals surface area (Å²) in [6.07, 6.45) is -5.79. The molecule has 190 valence electrons. The van der Waals surface area contributed by atoms with Crippen molar-refractivity contribution < 1.29 is 36.2 Å². The summed E-state index contributed by atoms with van der Waals surface area (Å²) in [6.45, 7) is 2.02. The number of morpholine rings is 1. The molecule has 0 bridgehead atoms. The van der Waals surface area contributed by atoms with Crippen molar-refractivity contribution >= 4 is 27.6 Å². The van der Waals surface area contributed by atoms with Gasteiger partial charge in [-0.2, -0.15) is 21.6 Å². The molecule has 1 aliphatic rings. The zero-order valence-electron chi connectivity index (χ0n) is 18.9. The number of hydrogen-bond acceptors (Lipinski definition) is 7. The minimum Gasteiger partial charge on any atom is -0.479 e. The van der Waals surface area contributed by atoms with E-state index >= 15 is 0 Å². The van der Waals surface area contributed by atoms with Crippen LogP contribution in [0.2, 0.25) is 0 Å². The van der Waals surface area contributed by atoms with Crippen LogP contribution in [0.3, 0.4) is 0 Å². The summed E-state index contributed by atoms with van der Waals surface area (Å²) < 4.78 is 74.4. The van der Waals surface area contributed by atoms with Gasteiger partial charge in [-0.25, -0.2) is 14.8 Å². The Hall–Kier alpha value is -3.71. The molecule has 13 heteroatoms. The summed E-state index contributed by atoms with van der Waals surface area (Å²) in [6, 6.07) is 12.2. The van der Waals surface area contributed by atoms with Crippen LogP contribution >= 0.6 is 0 Å². The molecule has 0 aliphatic carbocycles. The van der Waals surface area contributed by atoms with E-state index in [0.29, 0.717) is 12.1 Å². The van der Waals surface area contributed by atoms with Crippen LogP contribution in [0.25, 0.3) is 11.3 Å². The van der Waals surface area contributed by atoms with Crippen molar-refractivity contribution in [1.82, 2.24) is 9.97 Å². The Kier molecular flexibility index (Phi) is 6.87. The third kappa shape index (κ3) is 5.41. The average Bonchev–Trinajstić information content (AvgIpc) is 2.83. The van der Waals surface area contributed by atoms with Gasteiger partial charge in [0.2, 0.25) is 0 Å². The van der Waals surface area contributed by atoms with Crippen molar-refractivity contribution in [3.8, 4) is 11.3 Å². The number of halogens is 3. The number of ether oxygens (including phenoxy) is 1. The lowest BCUT2D eigenvalue weighted by molar-refractivity contribution is -0.150. The summed E-state index contributed by atoms with van der Waals surface area (Å²) in [7, 11) is -4.34. The Morgan fingerprint density at radius 1 is 1.11 bits per heavy atom. The van der Waals surface area contributed by atoms with E-state index < -0.39 is 44.6 Å². The summed E-state index contributed by atoms with van der Waals surface area (Å²) in [4.78, 5) is 20.9.